The van der Waals surface area contributed by atoms with Crippen molar-refractivity contribution in [1.82, 2.24) is 0 Å². The standard InChI is InChI=1S/C15H16BBrO4/c1-20-15-7-4-12(8-14(15)16(18)19)10-21-9-11-2-5-13(17)6-3-11/h2-8,18-19H,9-10H2,1H3. The molecule has 0 saturated carbocycles. The van der Waals surface area contributed by atoms with Crippen molar-refractivity contribution in [2.24, 2.45) is 0 Å². The first kappa shape index (κ1) is 16.0. The van der Waals surface area contributed by atoms with Crippen LogP contribution in [0.4, 0.5) is 0 Å². The van der Waals surface area contributed by atoms with E-state index < -0.39 is 7.12 Å². The lowest BCUT2D eigenvalue weighted by molar-refractivity contribution is 0.107. The van der Waals surface area contributed by atoms with Crippen molar-refractivity contribution in [3.05, 3.63) is 58.1 Å². The summed E-state index contributed by atoms with van der Waals surface area (Å²) in [4.78, 5) is 0. The van der Waals surface area contributed by atoms with E-state index in [4.69, 9.17) is 9.47 Å². The Bertz CT molecular complexity index is 587. The SMILES string of the molecule is COc1ccc(COCc2ccc(Br)cc2)cc1B(O)O. The molecule has 0 atom stereocenters. The molecule has 0 radical (unpaired) electrons. The molecule has 0 fully saturated rings. The molecule has 4 nitrogen and oxygen atoms in total. The Morgan fingerprint density at radius 1 is 1.00 bits per heavy atom. The van der Waals surface area contributed by atoms with Crippen LogP contribution in [-0.4, -0.2) is 24.3 Å². The molecule has 0 bridgehead atoms. The number of ether oxygens (including phenoxy) is 2. The van der Waals surface area contributed by atoms with E-state index in [0.29, 0.717) is 24.4 Å². The van der Waals surface area contributed by atoms with Crippen LogP contribution >= 0.6 is 15.9 Å². The molecule has 21 heavy (non-hydrogen) atoms. The summed E-state index contributed by atoms with van der Waals surface area (Å²) < 4.78 is 11.7. The maximum atomic E-state index is 9.32. The normalized spacial score (nSPS) is 10.5. The molecule has 0 unspecified atom stereocenters. The molecule has 0 aliphatic carbocycles. The average Bonchev–Trinajstić information content (AvgIpc) is 2.49. The van der Waals surface area contributed by atoms with Crippen LogP contribution in [-0.2, 0) is 18.0 Å². The topological polar surface area (TPSA) is 58.9 Å². The Morgan fingerprint density at radius 3 is 2.24 bits per heavy atom. The van der Waals surface area contributed by atoms with Crippen molar-refractivity contribution in [3.8, 4) is 5.75 Å². The monoisotopic (exact) mass is 350 g/mol. The van der Waals surface area contributed by atoms with Gasteiger partial charge in [-0.1, -0.05) is 40.2 Å². The van der Waals surface area contributed by atoms with Gasteiger partial charge in [-0.2, -0.15) is 0 Å². The second-order valence-corrected chi connectivity index (χ2v) is 5.48. The fraction of sp³-hybridized carbons (Fsp3) is 0.200. The molecule has 0 spiro atoms. The van der Waals surface area contributed by atoms with Gasteiger partial charge in [-0.05, 0) is 29.3 Å². The third kappa shape index (κ3) is 4.57. The van der Waals surface area contributed by atoms with E-state index in [0.717, 1.165) is 15.6 Å². The third-order valence-corrected chi connectivity index (χ3v) is 3.55. The molecule has 0 saturated heterocycles. The summed E-state index contributed by atoms with van der Waals surface area (Å²) in [6.45, 7) is 0.885. The van der Waals surface area contributed by atoms with E-state index in [2.05, 4.69) is 15.9 Å². The second-order valence-electron chi connectivity index (χ2n) is 4.57. The van der Waals surface area contributed by atoms with Gasteiger partial charge in [0, 0.05) is 9.94 Å². The molecule has 0 heterocycles. The molecule has 2 aromatic rings. The highest BCUT2D eigenvalue weighted by Gasteiger charge is 2.17. The van der Waals surface area contributed by atoms with E-state index in [-0.39, 0.29) is 0 Å². The molecule has 0 amide bonds. The van der Waals surface area contributed by atoms with Crippen LogP contribution in [0.3, 0.4) is 0 Å². The number of benzene rings is 2. The lowest BCUT2D eigenvalue weighted by Crippen LogP contribution is -2.31. The van der Waals surface area contributed by atoms with Gasteiger partial charge in [0.15, 0.2) is 0 Å². The quantitative estimate of drug-likeness (QED) is 0.781. The summed E-state index contributed by atoms with van der Waals surface area (Å²) in [5.41, 5.74) is 2.27. The van der Waals surface area contributed by atoms with Crippen molar-refractivity contribution in [2.75, 3.05) is 7.11 Å². The van der Waals surface area contributed by atoms with Crippen molar-refractivity contribution in [2.45, 2.75) is 13.2 Å². The number of hydrogen-bond donors (Lipinski definition) is 2. The Labute approximate surface area is 132 Å². The Balaban J connectivity index is 1.97. The molecule has 6 heteroatoms. The predicted octanol–water partition coefficient (Wildman–Crippen LogP) is 1.85. The minimum Gasteiger partial charge on any atom is -0.497 e. The number of methoxy groups -OCH3 is 1. The highest BCUT2D eigenvalue weighted by atomic mass is 79.9. The molecule has 0 aromatic heterocycles. The van der Waals surface area contributed by atoms with Gasteiger partial charge >= 0.3 is 7.12 Å². The fourth-order valence-electron chi connectivity index (χ4n) is 1.94. The van der Waals surface area contributed by atoms with E-state index in [9.17, 15) is 10.0 Å². The number of hydrogen-bond acceptors (Lipinski definition) is 4. The van der Waals surface area contributed by atoms with Gasteiger partial charge in [0.25, 0.3) is 0 Å². The van der Waals surface area contributed by atoms with Crippen LogP contribution in [0.1, 0.15) is 11.1 Å². The van der Waals surface area contributed by atoms with Crippen LogP contribution in [0.5, 0.6) is 5.75 Å². The van der Waals surface area contributed by atoms with Crippen LogP contribution in [0, 0.1) is 0 Å². The first-order valence-corrected chi connectivity index (χ1v) is 7.24. The summed E-state index contributed by atoms with van der Waals surface area (Å²) in [5, 5.41) is 18.6. The molecular weight excluding hydrogens is 335 g/mol. The smallest absolute Gasteiger partial charge is 0.492 e. The maximum absolute atomic E-state index is 9.32. The Hall–Kier alpha value is -1.34. The Kier molecular flexibility index (Phi) is 5.81. The Morgan fingerprint density at radius 2 is 1.62 bits per heavy atom. The van der Waals surface area contributed by atoms with E-state index >= 15 is 0 Å². The summed E-state index contributed by atoms with van der Waals surface area (Å²) >= 11 is 3.39. The van der Waals surface area contributed by atoms with Crippen LogP contribution in [0.25, 0.3) is 0 Å². The first-order valence-electron chi connectivity index (χ1n) is 6.45. The minimum atomic E-state index is -1.56. The number of halogens is 1. The van der Waals surface area contributed by atoms with Crippen molar-refractivity contribution in [1.29, 1.82) is 0 Å². The second kappa shape index (κ2) is 7.61. The zero-order valence-electron chi connectivity index (χ0n) is 11.6. The summed E-state index contributed by atoms with van der Waals surface area (Å²) in [6.07, 6.45) is 0. The van der Waals surface area contributed by atoms with Crippen LogP contribution < -0.4 is 10.2 Å². The number of rotatable bonds is 6. The minimum absolute atomic E-state index is 0.335. The average molecular weight is 351 g/mol. The van der Waals surface area contributed by atoms with Crippen molar-refractivity contribution in [3.63, 3.8) is 0 Å². The van der Waals surface area contributed by atoms with E-state index in [1.807, 2.05) is 30.3 Å². The van der Waals surface area contributed by atoms with Gasteiger partial charge in [0.05, 0.1) is 20.3 Å². The van der Waals surface area contributed by atoms with Gasteiger partial charge in [-0.25, -0.2) is 0 Å². The lowest BCUT2D eigenvalue weighted by Gasteiger charge is -2.10. The fourth-order valence-corrected chi connectivity index (χ4v) is 2.21. The van der Waals surface area contributed by atoms with Crippen LogP contribution in [0.15, 0.2) is 46.9 Å². The van der Waals surface area contributed by atoms with Crippen molar-refractivity contribution >= 4 is 28.5 Å². The molecule has 0 aliphatic rings. The molecule has 0 aliphatic heterocycles. The summed E-state index contributed by atoms with van der Waals surface area (Å²) in [7, 11) is -0.0726. The summed E-state index contributed by atoms with van der Waals surface area (Å²) in [5.74, 6) is 0.446. The van der Waals surface area contributed by atoms with Gasteiger partial charge in [-0.15, -0.1) is 0 Å². The largest absolute Gasteiger partial charge is 0.497 e. The predicted molar refractivity (Wildman–Crippen MR) is 85.5 cm³/mol. The lowest BCUT2D eigenvalue weighted by atomic mass is 9.79. The van der Waals surface area contributed by atoms with Gasteiger partial charge in [0.2, 0.25) is 0 Å². The molecule has 110 valence electrons. The molecule has 2 rings (SSSR count). The highest BCUT2D eigenvalue weighted by molar-refractivity contribution is 9.10. The zero-order valence-corrected chi connectivity index (χ0v) is 13.2. The van der Waals surface area contributed by atoms with E-state index in [1.165, 1.54) is 7.11 Å². The third-order valence-electron chi connectivity index (χ3n) is 3.02. The highest BCUT2D eigenvalue weighted by Crippen LogP contribution is 2.13. The van der Waals surface area contributed by atoms with Crippen molar-refractivity contribution < 1.29 is 19.5 Å². The van der Waals surface area contributed by atoms with Gasteiger partial charge in [0.1, 0.15) is 5.75 Å². The molecular formula is C15H16BBrO4. The van der Waals surface area contributed by atoms with Gasteiger partial charge < -0.3 is 19.5 Å². The molecule has 2 aromatic carbocycles. The zero-order chi connectivity index (χ0) is 15.2. The van der Waals surface area contributed by atoms with Gasteiger partial charge in [-0.3, -0.25) is 0 Å². The van der Waals surface area contributed by atoms with E-state index in [1.54, 1.807) is 12.1 Å². The maximum Gasteiger partial charge on any atom is 0.492 e. The summed E-state index contributed by atoms with van der Waals surface area (Å²) in [6, 6.07) is 13.1. The van der Waals surface area contributed by atoms with Crippen LogP contribution in [0.2, 0.25) is 0 Å². The molecule has 2 N–H and O–H groups in total. The first-order chi connectivity index (χ1) is 10.1.